The minimum Gasteiger partial charge on any atom is -0.450 e. The van der Waals surface area contributed by atoms with Gasteiger partial charge in [0, 0.05) is 12.8 Å². The van der Waals surface area contributed by atoms with E-state index in [-0.39, 0.29) is 12.8 Å². The van der Waals surface area contributed by atoms with Crippen molar-refractivity contribution < 1.29 is 38.4 Å². The molecule has 0 aromatic heterocycles. The van der Waals surface area contributed by atoms with Crippen LogP contribution in [0.15, 0.2) is 0 Å². The van der Waals surface area contributed by atoms with Gasteiger partial charge in [-0.2, -0.15) is 0 Å². The molecule has 3 atom stereocenters. The molecule has 2 fully saturated rings. The summed E-state index contributed by atoms with van der Waals surface area (Å²) in [6.07, 6.45) is -5.65. The van der Waals surface area contributed by atoms with Gasteiger partial charge in [-0.05, 0) is 0 Å². The largest absolute Gasteiger partial charge is 0.518 e. The lowest BCUT2D eigenvalue weighted by Crippen LogP contribution is -2.31. The molecule has 0 aromatic rings. The third kappa shape index (κ3) is 2.15. The number of hydrogen-bond acceptors (Lipinski definition) is 7. The molecular weight excluding hydrogens is 224 g/mol. The van der Waals surface area contributed by atoms with E-state index in [0.29, 0.717) is 0 Å². The standard InChI is InChI=1S/C8H8O8/c9-6(10)14-4-1-3-2-5(4)15-8(12)16-7(11)13-3/h3-5H,1-2H2,(H,9,10). The Bertz CT molecular complexity index is 337. The van der Waals surface area contributed by atoms with Gasteiger partial charge in [0.15, 0.2) is 0 Å². The van der Waals surface area contributed by atoms with Crippen molar-refractivity contribution in [2.24, 2.45) is 0 Å². The first-order chi connectivity index (χ1) is 7.54. The number of rotatable bonds is 1. The van der Waals surface area contributed by atoms with Gasteiger partial charge >= 0.3 is 18.5 Å². The van der Waals surface area contributed by atoms with Crippen molar-refractivity contribution in [1.82, 2.24) is 0 Å². The Morgan fingerprint density at radius 1 is 1.25 bits per heavy atom. The van der Waals surface area contributed by atoms with Crippen LogP contribution in [0.3, 0.4) is 0 Å². The molecule has 1 saturated heterocycles. The van der Waals surface area contributed by atoms with Gasteiger partial charge < -0.3 is 24.1 Å². The Morgan fingerprint density at radius 2 is 1.94 bits per heavy atom. The molecule has 2 rings (SSSR count). The average molecular weight is 232 g/mol. The van der Waals surface area contributed by atoms with Crippen LogP contribution in [-0.2, 0) is 18.9 Å². The van der Waals surface area contributed by atoms with E-state index in [1.165, 1.54) is 0 Å². The van der Waals surface area contributed by atoms with E-state index in [2.05, 4.69) is 9.47 Å². The van der Waals surface area contributed by atoms with Crippen LogP contribution < -0.4 is 0 Å². The molecule has 1 heterocycles. The molecule has 0 amide bonds. The smallest absolute Gasteiger partial charge is 0.450 e. The first-order valence-corrected chi connectivity index (χ1v) is 4.53. The van der Waals surface area contributed by atoms with Crippen LogP contribution in [0.1, 0.15) is 12.8 Å². The second-order valence-electron chi connectivity index (χ2n) is 3.39. The number of carbonyl (C=O) groups excluding carboxylic acids is 2. The van der Waals surface area contributed by atoms with Gasteiger partial charge in [0.25, 0.3) is 0 Å². The third-order valence-corrected chi connectivity index (χ3v) is 2.33. The summed E-state index contributed by atoms with van der Waals surface area (Å²) >= 11 is 0. The molecule has 1 saturated carbocycles. The first-order valence-electron chi connectivity index (χ1n) is 4.53. The molecule has 8 nitrogen and oxygen atoms in total. The second-order valence-corrected chi connectivity index (χ2v) is 3.39. The van der Waals surface area contributed by atoms with Crippen LogP contribution in [0.5, 0.6) is 0 Å². The highest BCUT2D eigenvalue weighted by atomic mass is 16.8. The van der Waals surface area contributed by atoms with Crippen molar-refractivity contribution in [2.75, 3.05) is 0 Å². The molecule has 1 aliphatic heterocycles. The van der Waals surface area contributed by atoms with Crippen LogP contribution in [0.2, 0.25) is 0 Å². The number of cyclic esters (lactones) is 2. The van der Waals surface area contributed by atoms with Crippen LogP contribution in [0.4, 0.5) is 14.4 Å². The predicted octanol–water partition coefficient (Wildman–Crippen LogP) is 0.884. The molecule has 0 aromatic carbocycles. The predicted molar refractivity (Wildman–Crippen MR) is 43.8 cm³/mol. The van der Waals surface area contributed by atoms with Gasteiger partial charge in [-0.15, -0.1) is 0 Å². The summed E-state index contributed by atoms with van der Waals surface area (Å²) in [5.41, 5.74) is 0. The van der Waals surface area contributed by atoms with Gasteiger partial charge in [0.2, 0.25) is 0 Å². The number of ether oxygens (including phenoxy) is 4. The Kier molecular flexibility index (Phi) is 2.55. The van der Waals surface area contributed by atoms with E-state index in [1.54, 1.807) is 0 Å². The molecule has 2 bridgehead atoms. The highest BCUT2D eigenvalue weighted by Crippen LogP contribution is 2.30. The van der Waals surface area contributed by atoms with E-state index >= 15 is 0 Å². The summed E-state index contributed by atoms with van der Waals surface area (Å²) in [4.78, 5) is 32.1. The Labute approximate surface area is 89.0 Å². The molecule has 0 spiro atoms. The summed E-state index contributed by atoms with van der Waals surface area (Å²) < 4.78 is 18.1. The van der Waals surface area contributed by atoms with Gasteiger partial charge in [0.1, 0.15) is 18.3 Å². The maximum atomic E-state index is 10.9. The Balaban J connectivity index is 2.08. The number of carbonyl (C=O) groups is 3. The molecule has 1 N–H and O–H groups in total. The zero-order valence-corrected chi connectivity index (χ0v) is 7.95. The molecule has 1 aliphatic carbocycles. The maximum absolute atomic E-state index is 10.9. The zero-order chi connectivity index (χ0) is 11.7. The molecule has 0 radical (unpaired) electrons. The van der Waals surface area contributed by atoms with Crippen molar-refractivity contribution in [1.29, 1.82) is 0 Å². The van der Waals surface area contributed by atoms with Crippen LogP contribution >= 0.6 is 0 Å². The molecule has 16 heavy (non-hydrogen) atoms. The highest BCUT2D eigenvalue weighted by Gasteiger charge is 2.44. The number of hydrogen-bond donors (Lipinski definition) is 1. The van der Waals surface area contributed by atoms with Gasteiger partial charge in [-0.3, -0.25) is 0 Å². The number of carboxylic acid groups (broad SMARTS) is 1. The van der Waals surface area contributed by atoms with Gasteiger partial charge in [-0.25, -0.2) is 14.4 Å². The van der Waals surface area contributed by atoms with Crippen LogP contribution in [0, 0.1) is 0 Å². The molecular formula is C8H8O8. The third-order valence-electron chi connectivity index (χ3n) is 2.33. The fourth-order valence-corrected chi connectivity index (χ4v) is 1.77. The summed E-state index contributed by atoms with van der Waals surface area (Å²) in [6, 6.07) is 0. The fourth-order valence-electron chi connectivity index (χ4n) is 1.77. The van der Waals surface area contributed by atoms with E-state index in [9.17, 15) is 14.4 Å². The first kappa shape index (κ1) is 10.5. The maximum Gasteiger partial charge on any atom is 0.518 e. The lowest BCUT2D eigenvalue weighted by Gasteiger charge is -2.18. The van der Waals surface area contributed by atoms with E-state index in [0.717, 1.165) is 0 Å². The SMILES string of the molecule is O=C(O)OC1CC2CC1OC(=O)OC(=O)O2. The van der Waals surface area contributed by atoms with Crippen molar-refractivity contribution in [2.45, 2.75) is 31.2 Å². The lowest BCUT2D eigenvalue weighted by molar-refractivity contribution is -0.0397. The summed E-state index contributed by atoms with van der Waals surface area (Å²) in [5, 5.41) is 8.45. The molecule has 3 unspecified atom stereocenters. The van der Waals surface area contributed by atoms with Crippen molar-refractivity contribution in [3.05, 3.63) is 0 Å². The minimum atomic E-state index is -1.47. The van der Waals surface area contributed by atoms with E-state index < -0.39 is 36.8 Å². The van der Waals surface area contributed by atoms with Gasteiger partial charge in [-0.1, -0.05) is 0 Å². The second kappa shape index (κ2) is 3.87. The fraction of sp³-hybridized carbons (Fsp3) is 0.625. The zero-order valence-electron chi connectivity index (χ0n) is 7.95. The Morgan fingerprint density at radius 3 is 2.62 bits per heavy atom. The van der Waals surface area contributed by atoms with Gasteiger partial charge in [0.05, 0.1) is 0 Å². The average Bonchev–Trinajstić information content (AvgIpc) is 2.44. The highest BCUT2D eigenvalue weighted by molar-refractivity contribution is 5.77. The van der Waals surface area contributed by atoms with Crippen molar-refractivity contribution >= 4 is 18.5 Å². The summed E-state index contributed by atoms with van der Waals surface area (Å²) in [6.45, 7) is 0. The topological polar surface area (TPSA) is 108 Å². The van der Waals surface area contributed by atoms with Crippen molar-refractivity contribution in [3.8, 4) is 0 Å². The molecule has 8 heteroatoms. The van der Waals surface area contributed by atoms with E-state index in [4.69, 9.17) is 14.6 Å². The Hall–Kier alpha value is -1.99. The quantitative estimate of drug-likeness (QED) is 0.403. The summed E-state index contributed by atoms with van der Waals surface area (Å²) in [5.74, 6) is 0. The van der Waals surface area contributed by atoms with Crippen LogP contribution in [-0.4, -0.2) is 41.9 Å². The molecule has 2 aliphatic rings. The monoisotopic (exact) mass is 232 g/mol. The minimum absolute atomic E-state index is 0.152. The van der Waals surface area contributed by atoms with Crippen LogP contribution in [0.25, 0.3) is 0 Å². The lowest BCUT2D eigenvalue weighted by atomic mass is 10.2. The summed E-state index contributed by atoms with van der Waals surface area (Å²) in [7, 11) is 0. The van der Waals surface area contributed by atoms with E-state index in [1.807, 2.05) is 0 Å². The van der Waals surface area contributed by atoms with Crippen molar-refractivity contribution in [3.63, 3.8) is 0 Å². The normalized spacial score (nSPS) is 32.9. The molecule has 88 valence electrons. The number of fused-ring (bicyclic) bond motifs is 2.